The Hall–Kier alpha value is -1.61. The highest BCUT2D eigenvalue weighted by Crippen LogP contribution is 2.34. The fourth-order valence-corrected chi connectivity index (χ4v) is 4.24. The summed E-state index contributed by atoms with van der Waals surface area (Å²) in [5.74, 6) is 0.830. The van der Waals surface area contributed by atoms with E-state index in [2.05, 4.69) is 12.2 Å². The average molecular weight is 299 g/mol. The van der Waals surface area contributed by atoms with Gasteiger partial charge in [-0.2, -0.15) is 0 Å². The monoisotopic (exact) mass is 299 g/mol. The lowest BCUT2D eigenvalue weighted by Gasteiger charge is -2.21. The second kappa shape index (κ2) is 6.02. The van der Waals surface area contributed by atoms with Gasteiger partial charge in [0, 0.05) is 15.9 Å². The van der Waals surface area contributed by atoms with E-state index in [1.807, 2.05) is 36.6 Å². The van der Waals surface area contributed by atoms with Crippen molar-refractivity contribution in [2.75, 3.05) is 5.32 Å². The summed E-state index contributed by atoms with van der Waals surface area (Å²) in [5.41, 5.74) is 4.20. The van der Waals surface area contributed by atoms with Crippen molar-refractivity contribution in [3.8, 4) is 0 Å². The number of benzene rings is 1. The maximum absolute atomic E-state index is 12.5. The van der Waals surface area contributed by atoms with E-state index in [0.717, 1.165) is 35.6 Å². The first-order valence-corrected chi connectivity index (χ1v) is 8.52. The Balaban J connectivity index is 1.79. The van der Waals surface area contributed by atoms with Crippen molar-refractivity contribution in [1.82, 2.24) is 0 Å². The molecule has 2 nitrogen and oxygen atoms in total. The van der Waals surface area contributed by atoms with Crippen LogP contribution in [0.4, 0.5) is 5.69 Å². The molecule has 1 N–H and O–H groups in total. The van der Waals surface area contributed by atoms with Crippen molar-refractivity contribution in [2.24, 2.45) is 5.92 Å². The van der Waals surface area contributed by atoms with Crippen molar-refractivity contribution in [3.63, 3.8) is 0 Å². The zero-order chi connectivity index (χ0) is 14.8. The minimum Gasteiger partial charge on any atom is -0.322 e. The van der Waals surface area contributed by atoms with Gasteiger partial charge >= 0.3 is 0 Å². The largest absolute Gasteiger partial charge is 0.322 e. The number of rotatable bonds is 3. The lowest BCUT2D eigenvalue weighted by Crippen LogP contribution is -2.17. The van der Waals surface area contributed by atoms with Gasteiger partial charge in [0.2, 0.25) is 0 Å². The highest BCUT2D eigenvalue weighted by Gasteiger charge is 2.24. The van der Waals surface area contributed by atoms with Gasteiger partial charge in [-0.1, -0.05) is 25.5 Å². The minimum atomic E-state index is 0.0352. The Morgan fingerprint density at radius 2 is 2.29 bits per heavy atom. The van der Waals surface area contributed by atoms with Crippen LogP contribution in [0.15, 0.2) is 29.6 Å². The summed E-state index contributed by atoms with van der Waals surface area (Å²) in [6.45, 7) is 4.29. The summed E-state index contributed by atoms with van der Waals surface area (Å²) in [4.78, 5) is 13.9. The van der Waals surface area contributed by atoms with Crippen LogP contribution in [0.2, 0.25) is 0 Å². The molecule has 3 rings (SSSR count). The molecule has 1 amide bonds. The van der Waals surface area contributed by atoms with E-state index >= 15 is 0 Å². The Bertz CT molecular complexity index is 659. The molecule has 0 bridgehead atoms. The number of hydrogen-bond donors (Lipinski definition) is 1. The number of anilines is 1. The SMILES string of the molecule is CCC1CCc2c(C(=O)Nc3cccc(C)c3)csc2C1. The Kier molecular flexibility index (Phi) is 4.11. The zero-order valence-corrected chi connectivity index (χ0v) is 13.4. The Morgan fingerprint density at radius 1 is 1.43 bits per heavy atom. The third kappa shape index (κ3) is 3.03. The molecule has 0 fully saturated rings. The van der Waals surface area contributed by atoms with Gasteiger partial charge in [-0.3, -0.25) is 4.79 Å². The van der Waals surface area contributed by atoms with Crippen LogP contribution in [0.5, 0.6) is 0 Å². The molecule has 21 heavy (non-hydrogen) atoms. The number of carbonyl (C=O) groups excluding carboxylic acids is 1. The maximum atomic E-state index is 12.5. The van der Waals surface area contributed by atoms with E-state index in [4.69, 9.17) is 0 Å². The van der Waals surface area contributed by atoms with Crippen molar-refractivity contribution in [1.29, 1.82) is 0 Å². The smallest absolute Gasteiger partial charge is 0.256 e. The van der Waals surface area contributed by atoms with Crippen LogP contribution < -0.4 is 5.32 Å². The summed E-state index contributed by atoms with van der Waals surface area (Å²) in [6.07, 6.45) is 4.65. The van der Waals surface area contributed by atoms with E-state index in [1.165, 1.54) is 23.3 Å². The molecule has 0 radical (unpaired) electrons. The first kappa shape index (κ1) is 14.3. The number of hydrogen-bond acceptors (Lipinski definition) is 2. The fraction of sp³-hybridized carbons (Fsp3) is 0.389. The van der Waals surface area contributed by atoms with Crippen LogP contribution >= 0.6 is 11.3 Å². The number of aryl methyl sites for hydroxylation is 1. The first-order valence-electron chi connectivity index (χ1n) is 7.64. The van der Waals surface area contributed by atoms with Gasteiger partial charge in [-0.05, 0) is 55.4 Å². The van der Waals surface area contributed by atoms with E-state index in [-0.39, 0.29) is 5.91 Å². The summed E-state index contributed by atoms with van der Waals surface area (Å²) in [5, 5.41) is 5.06. The number of thiophene rings is 1. The predicted octanol–water partition coefficient (Wildman–Crippen LogP) is 4.82. The van der Waals surface area contributed by atoms with Gasteiger partial charge < -0.3 is 5.32 Å². The second-order valence-corrected chi connectivity index (χ2v) is 6.86. The van der Waals surface area contributed by atoms with Crippen LogP contribution in [0.25, 0.3) is 0 Å². The van der Waals surface area contributed by atoms with Gasteiger partial charge in [0.25, 0.3) is 5.91 Å². The van der Waals surface area contributed by atoms with Crippen molar-refractivity contribution >= 4 is 22.9 Å². The molecular formula is C18H21NOS. The third-order valence-corrected chi connectivity index (χ3v) is 5.41. The van der Waals surface area contributed by atoms with Crippen LogP contribution in [-0.4, -0.2) is 5.91 Å². The molecule has 1 atom stereocenters. The molecule has 0 saturated carbocycles. The number of carbonyl (C=O) groups is 1. The summed E-state index contributed by atoms with van der Waals surface area (Å²) < 4.78 is 0. The van der Waals surface area contributed by atoms with Crippen LogP contribution in [-0.2, 0) is 12.8 Å². The molecule has 3 heteroatoms. The van der Waals surface area contributed by atoms with Crippen LogP contribution in [0.1, 0.15) is 46.1 Å². The summed E-state index contributed by atoms with van der Waals surface area (Å²) in [7, 11) is 0. The molecule has 1 aliphatic rings. The zero-order valence-electron chi connectivity index (χ0n) is 12.6. The molecule has 0 saturated heterocycles. The van der Waals surface area contributed by atoms with Crippen molar-refractivity contribution in [2.45, 2.75) is 39.5 Å². The van der Waals surface area contributed by atoms with Gasteiger partial charge in [-0.25, -0.2) is 0 Å². The van der Waals surface area contributed by atoms with Gasteiger partial charge in [0.05, 0.1) is 5.56 Å². The third-order valence-electron chi connectivity index (χ3n) is 4.36. The van der Waals surface area contributed by atoms with Crippen LogP contribution in [0, 0.1) is 12.8 Å². The van der Waals surface area contributed by atoms with E-state index in [1.54, 1.807) is 11.3 Å². The number of nitrogens with one attached hydrogen (secondary N) is 1. The molecule has 1 aromatic carbocycles. The standard InChI is InChI=1S/C18H21NOS/c1-3-13-7-8-15-16(11-21-17(15)10-13)18(20)19-14-6-4-5-12(2)9-14/h4-6,9,11,13H,3,7-8,10H2,1-2H3,(H,19,20). The lowest BCUT2D eigenvalue weighted by atomic mass is 9.86. The number of fused-ring (bicyclic) bond motifs is 1. The first-order chi connectivity index (χ1) is 10.2. The average Bonchev–Trinajstić information content (AvgIpc) is 2.90. The van der Waals surface area contributed by atoms with Gasteiger partial charge in [0.15, 0.2) is 0 Å². The molecule has 1 aliphatic carbocycles. The molecule has 0 aliphatic heterocycles. The lowest BCUT2D eigenvalue weighted by molar-refractivity contribution is 0.102. The molecule has 0 spiro atoms. The minimum absolute atomic E-state index is 0.0352. The predicted molar refractivity (Wildman–Crippen MR) is 89.3 cm³/mol. The highest BCUT2D eigenvalue weighted by atomic mass is 32.1. The topological polar surface area (TPSA) is 29.1 Å². The Labute approximate surface area is 130 Å². The fourth-order valence-electron chi connectivity index (χ4n) is 3.04. The van der Waals surface area contributed by atoms with Crippen molar-refractivity contribution in [3.05, 3.63) is 51.2 Å². The molecule has 1 unspecified atom stereocenters. The van der Waals surface area contributed by atoms with E-state index in [0.29, 0.717) is 0 Å². The quantitative estimate of drug-likeness (QED) is 0.864. The summed E-state index contributed by atoms with van der Waals surface area (Å²) in [6, 6.07) is 7.95. The molecular weight excluding hydrogens is 278 g/mol. The normalized spacial score (nSPS) is 17.3. The number of amides is 1. The maximum Gasteiger partial charge on any atom is 0.256 e. The van der Waals surface area contributed by atoms with Crippen LogP contribution in [0.3, 0.4) is 0 Å². The summed E-state index contributed by atoms with van der Waals surface area (Å²) >= 11 is 1.75. The van der Waals surface area contributed by atoms with E-state index < -0.39 is 0 Å². The molecule has 110 valence electrons. The van der Waals surface area contributed by atoms with Gasteiger partial charge in [0.1, 0.15) is 0 Å². The Morgan fingerprint density at radius 3 is 3.05 bits per heavy atom. The molecule has 2 aromatic rings. The van der Waals surface area contributed by atoms with Crippen molar-refractivity contribution < 1.29 is 4.79 Å². The molecule has 1 aromatic heterocycles. The second-order valence-electron chi connectivity index (χ2n) is 5.89. The van der Waals surface area contributed by atoms with Gasteiger partial charge in [-0.15, -0.1) is 11.3 Å². The van der Waals surface area contributed by atoms with E-state index in [9.17, 15) is 4.79 Å². The molecule has 1 heterocycles. The highest BCUT2D eigenvalue weighted by molar-refractivity contribution is 7.10.